The molecule has 1 unspecified atom stereocenters. The van der Waals surface area contributed by atoms with Gasteiger partial charge in [-0.15, -0.1) is 0 Å². The van der Waals surface area contributed by atoms with E-state index in [0.717, 1.165) is 5.69 Å². The molecule has 0 bridgehead atoms. The summed E-state index contributed by atoms with van der Waals surface area (Å²) in [5.74, 6) is -0.0454. The number of anilines is 1. The van der Waals surface area contributed by atoms with E-state index in [9.17, 15) is 9.59 Å². The summed E-state index contributed by atoms with van der Waals surface area (Å²) >= 11 is 0. The molecule has 0 aliphatic rings. The fraction of sp³-hybridized carbons (Fsp3) is 0.529. The molecule has 0 saturated heterocycles. The zero-order chi connectivity index (χ0) is 16.2. The standard InChI is InChI=1S/C17H26N2O2/c1-11(2)17(14(5)20)18-16(21)10-19(6)15-8-12(3)7-13(4)9-15/h7-9,11,17H,10H2,1-6H3,(H,18,21). The predicted octanol–water partition coefficient (Wildman–Crippen LogP) is 2.47. The SMILES string of the molecule is CC(=O)C(NC(=O)CN(C)c1cc(C)cc(C)c1)C(C)C. The molecule has 1 N–H and O–H groups in total. The monoisotopic (exact) mass is 290 g/mol. The minimum Gasteiger partial charge on any atom is -0.365 e. The third-order valence-corrected chi connectivity index (χ3v) is 3.45. The van der Waals surface area contributed by atoms with Crippen LogP contribution in [0.5, 0.6) is 0 Å². The summed E-state index contributed by atoms with van der Waals surface area (Å²) in [7, 11) is 1.88. The van der Waals surface area contributed by atoms with Crippen molar-refractivity contribution in [1.82, 2.24) is 5.32 Å². The van der Waals surface area contributed by atoms with E-state index in [2.05, 4.69) is 11.4 Å². The van der Waals surface area contributed by atoms with Crippen LogP contribution in [0.15, 0.2) is 18.2 Å². The largest absolute Gasteiger partial charge is 0.365 e. The van der Waals surface area contributed by atoms with Crippen LogP contribution in [0.25, 0.3) is 0 Å². The molecule has 0 spiro atoms. The number of hydrogen-bond acceptors (Lipinski definition) is 3. The second-order valence-corrected chi connectivity index (χ2v) is 6.10. The molecule has 116 valence electrons. The van der Waals surface area contributed by atoms with Crippen molar-refractivity contribution in [2.75, 3.05) is 18.5 Å². The Kier molecular flexibility index (Phi) is 5.94. The van der Waals surface area contributed by atoms with Gasteiger partial charge in [-0.2, -0.15) is 0 Å². The van der Waals surface area contributed by atoms with E-state index in [0.29, 0.717) is 0 Å². The molecule has 0 aliphatic carbocycles. The van der Waals surface area contributed by atoms with Crippen molar-refractivity contribution in [3.63, 3.8) is 0 Å². The first-order valence-electron chi connectivity index (χ1n) is 7.30. The highest BCUT2D eigenvalue weighted by atomic mass is 16.2. The lowest BCUT2D eigenvalue weighted by atomic mass is 10.0. The van der Waals surface area contributed by atoms with Gasteiger partial charge in [0.05, 0.1) is 12.6 Å². The highest BCUT2D eigenvalue weighted by molar-refractivity contribution is 5.89. The molecule has 1 aromatic carbocycles. The Morgan fingerprint density at radius 1 is 1.14 bits per heavy atom. The highest BCUT2D eigenvalue weighted by Crippen LogP contribution is 2.17. The van der Waals surface area contributed by atoms with Gasteiger partial charge < -0.3 is 10.2 Å². The number of hydrogen-bond donors (Lipinski definition) is 1. The Labute approximate surface area is 127 Å². The maximum atomic E-state index is 12.1. The van der Waals surface area contributed by atoms with Crippen LogP contribution < -0.4 is 10.2 Å². The van der Waals surface area contributed by atoms with Crippen molar-refractivity contribution < 1.29 is 9.59 Å². The lowest BCUT2D eigenvalue weighted by Crippen LogP contribution is -2.46. The Balaban J connectivity index is 2.71. The Morgan fingerprint density at radius 2 is 1.67 bits per heavy atom. The summed E-state index contributed by atoms with van der Waals surface area (Å²) in [4.78, 5) is 25.5. The zero-order valence-electron chi connectivity index (χ0n) is 13.9. The molecule has 0 aromatic heterocycles. The predicted molar refractivity (Wildman–Crippen MR) is 86.6 cm³/mol. The van der Waals surface area contributed by atoms with E-state index in [1.165, 1.54) is 18.1 Å². The first-order chi connectivity index (χ1) is 9.70. The van der Waals surface area contributed by atoms with Gasteiger partial charge in [-0.3, -0.25) is 9.59 Å². The molecule has 4 heteroatoms. The van der Waals surface area contributed by atoms with Crippen molar-refractivity contribution >= 4 is 17.4 Å². The number of carbonyl (C=O) groups excluding carboxylic acids is 2. The van der Waals surface area contributed by atoms with Crippen LogP contribution >= 0.6 is 0 Å². The van der Waals surface area contributed by atoms with Crippen molar-refractivity contribution in [3.05, 3.63) is 29.3 Å². The van der Waals surface area contributed by atoms with E-state index >= 15 is 0 Å². The summed E-state index contributed by atoms with van der Waals surface area (Å²) in [5.41, 5.74) is 3.34. The average molecular weight is 290 g/mol. The van der Waals surface area contributed by atoms with Crippen LogP contribution in [0.2, 0.25) is 0 Å². The van der Waals surface area contributed by atoms with Crippen molar-refractivity contribution in [1.29, 1.82) is 0 Å². The molecular weight excluding hydrogens is 264 g/mol. The molecule has 0 fully saturated rings. The summed E-state index contributed by atoms with van der Waals surface area (Å²) in [5, 5.41) is 2.82. The minimum absolute atomic E-state index is 0.00703. The Hall–Kier alpha value is -1.84. The van der Waals surface area contributed by atoms with Crippen LogP contribution in [0, 0.1) is 19.8 Å². The number of amides is 1. The number of ketones is 1. The second kappa shape index (κ2) is 7.25. The van der Waals surface area contributed by atoms with E-state index in [1.807, 2.05) is 51.8 Å². The minimum atomic E-state index is -0.412. The van der Waals surface area contributed by atoms with Gasteiger partial charge in [0.25, 0.3) is 0 Å². The van der Waals surface area contributed by atoms with Crippen LogP contribution in [0.4, 0.5) is 5.69 Å². The number of nitrogens with zero attached hydrogens (tertiary/aromatic N) is 1. The topological polar surface area (TPSA) is 49.4 Å². The number of nitrogens with one attached hydrogen (secondary N) is 1. The summed E-state index contributed by atoms with van der Waals surface area (Å²) in [6.07, 6.45) is 0. The van der Waals surface area contributed by atoms with E-state index in [-0.39, 0.29) is 24.2 Å². The molecule has 1 amide bonds. The third kappa shape index (κ3) is 5.21. The van der Waals surface area contributed by atoms with E-state index in [4.69, 9.17) is 0 Å². The van der Waals surface area contributed by atoms with Gasteiger partial charge in [0.2, 0.25) is 5.91 Å². The van der Waals surface area contributed by atoms with Gasteiger partial charge >= 0.3 is 0 Å². The Bertz CT molecular complexity index is 503. The van der Waals surface area contributed by atoms with Crippen molar-refractivity contribution in [2.24, 2.45) is 5.92 Å². The second-order valence-electron chi connectivity index (χ2n) is 6.10. The first-order valence-corrected chi connectivity index (χ1v) is 7.30. The summed E-state index contributed by atoms with van der Waals surface area (Å²) < 4.78 is 0. The fourth-order valence-corrected chi connectivity index (χ4v) is 2.43. The molecule has 21 heavy (non-hydrogen) atoms. The molecule has 1 rings (SSSR count). The van der Waals surface area contributed by atoms with Gasteiger partial charge in [0.15, 0.2) is 5.78 Å². The fourth-order valence-electron chi connectivity index (χ4n) is 2.43. The zero-order valence-corrected chi connectivity index (χ0v) is 13.9. The maximum absolute atomic E-state index is 12.1. The number of likely N-dealkylation sites (N-methyl/N-ethyl adjacent to an activating group) is 1. The Morgan fingerprint density at radius 3 is 2.10 bits per heavy atom. The quantitative estimate of drug-likeness (QED) is 0.875. The molecule has 1 atom stereocenters. The van der Waals surface area contributed by atoms with E-state index in [1.54, 1.807) is 0 Å². The molecular formula is C17H26N2O2. The molecule has 0 saturated carbocycles. The van der Waals surface area contributed by atoms with Gasteiger partial charge in [-0.05, 0) is 49.9 Å². The van der Waals surface area contributed by atoms with Crippen LogP contribution in [-0.4, -0.2) is 31.3 Å². The third-order valence-electron chi connectivity index (χ3n) is 3.45. The molecule has 0 radical (unpaired) electrons. The smallest absolute Gasteiger partial charge is 0.240 e. The number of rotatable bonds is 6. The van der Waals surface area contributed by atoms with Crippen LogP contribution in [0.1, 0.15) is 31.9 Å². The van der Waals surface area contributed by atoms with Gasteiger partial charge in [-0.1, -0.05) is 19.9 Å². The molecule has 4 nitrogen and oxygen atoms in total. The molecule has 0 aliphatic heterocycles. The van der Waals surface area contributed by atoms with Crippen LogP contribution in [0.3, 0.4) is 0 Å². The average Bonchev–Trinajstić information content (AvgIpc) is 2.33. The van der Waals surface area contributed by atoms with Crippen molar-refractivity contribution in [3.8, 4) is 0 Å². The normalized spacial score (nSPS) is 12.1. The van der Waals surface area contributed by atoms with Gasteiger partial charge in [-0.25, -0.2) is 0 Å². The van der Waals surface area contributed by atoms with E-state index < -0.39 is 6.04 Å². The van der Waals surface area contributed by atoms with Gasteiger partial charge in [0, 0.05) is 12.7 Å². The van der Waals surface area contributed by atoms with Crippen molar-refractivity contribution in [2.45, 2.75) is 40.7 Å². The maximum Gasteiger partial charge on any atom is 0.240 e. The van der Waals surface area contributed by atoms with Gasteiger partial charge in [0.1, 0.15) is 0 Å². The lowest BCUT2D eigenvalue weighted by Gasteiger charge is -2.23. The number of Topliss-reactive ketones (excluding diaryl/α,β-unsaturated/α-hetero) is 1. The van der Waals surface area contributed by atoms with Crippen LogP contribution in [-0.2, 0) is 9.59 Å². The molecule has 0 heterocycles. The summed E-state index contributed by atoms with van der Waals surface area (Å²) in [6, 6.07) is 5.78. The lowest BCUT2D eigenvalue weighted by molar-refractivity contribution is -0.127. The molecule has 1 aromatic rings. The number of carbonyl (C=O) groups is 2. The first kappa shape index (κ1) is 17.2. The number of aryl methyl sites for hydroxylation is 2. The number of benzene rings is 1. The highest BCUT2D eigenvalue weighted by Gasteiger charge is 2.21. The summed E-state index contributed by atoms with van der Waals surface area (Å²) in [6.45, 7) is 9.68.